The van der Waals surface area contributed by atoms with Gasteiger partial charge in [-0.05, 0) is 38.0 Å². The molecule has 4 nitrogen and oxygen atoms in total. The Morgan fingerprint density at radius 3 is 2.79 bits per heavy atom. The van der Waals surface area contributed by atoms with Crippen molar-refractivity contribution in [1.82, 2.24) is 4.90 Å². The molecular weight excluding hydrogens is 240 g/mol. The molecular formula is C15H20N2O2. The van der Waals surface area contributed by atoms with E-state index in [1.165, 1.54) is 0 Å². The van der Waals surface area contributed by atoms with Gasteiger partial charge in [0, 0.05) is 25.2 Å². The summed E-state index contributed by atoms with van der Waals surface area (Å²) < 4.78 is 0. The molecule has 0 aromatic heterocycles. The molecule has 1 fully saturated rings. The fourth-order valence-electron chi connectivity index (χ4n) is 2.36. The van der Waals surface area contributed by atoms with Gasteiger partial charge in [-0.2, -0.15) is 0 Å². The Morgan fingerprint density at radius 2 is 2.16 bits per heavy atom. The molecule has 19 heavy (non-hydrogen) atoms. The van der Waals surface area contributed by atoms with Crippen LogP contribution in [0.5, 0.6) is 0 Å². The fourth-order valence-corrected chi connectivity index (χ4v) is 2.36. The molecule has 1 saturated heterocycles. The molecule has 1 N–H and O–H groups in total. The standard InChI is InChI=1S/C15H20N2O2/c1-4-17-9-12(8-14(17)18)15(19)16-13-7-10(2)5-6-11(13)3/h5-7,12H,4,8-9H2,1-3H3,(H,16,19). The van der Waals surface area contributed by atoms with Gasteiger partial charge in [0.1, 0.15) is 0 Å². The van der Waals surface area contributed by atoms with E-state index in [2.05, 4.69) is 5.32 Å². The molecule has 0 bridgehead atoms. The Hall–Kier alpha value is -1.84. The Labute approximate surface area is 113 Å². The summed E-state index contributed by atoms with van der Waals surface area (Å²) in [6, 6.07) is 5.97. The van der Waals surface area contributed by atoms with Gasteiger partial charge in [0.2, 0.25) is 11.8 Å². The van der Waals surface area contributed by atoms with Crippen LogP contribution in [0.3, 0.4) is 0 Å². The highest BCUT2D eigenvalue weighted by atomic mass is 16.2. The summed E-state index contributed by atoms with van der Waals surface area (Å²) in [5, 5.41) is 2.94. The lowest BCUT2D eigenvalue weighted by atomic mass is 10.1. The van der Waals surface area contributed by atoms with Crippen molar-refractivity contribution in [1.29, 1.82) is 0 Å². The van der Waals surface area contributed by atoms with Crippen molar-refractivity contribution >= 4 is 17.5 Å². The normalized spacial score (nSPS) is 18.8. The van der Waals surface area contributed by atoms with E-state index in [0.29, 0.717) is 19.5 Å². The third kappa shape index (κ3) is 2.95. The zero-order chi connectivity index (χ0) is 14.0. The van der Waals surface area contributed by atoms with E-state index in [9.17, 15) is 9.59 Å². The first kappa shape index (κ1) is 13.6. The lowest BCUT2D eigenvalue weighted by Gasteiger charge is -2.14. The number of rotatable bonds is 3. The van der Waals surface area contributed by atoms with Crippen LogP contribution in [0, 0.1) is 19.8 Å². The van der Waals surface area contributed by atoms with Crippen molar-refractivity contribution in [3.05, 3.63) is 29.3 Å². The predicted octanol–water partition coefficient (Wildman–Crippen LogP) is 2.11. The molecule has 4 heteroatoms. The van der Waals surface area contributed by atoms with Crippen LogP contribution in [0.25, 0.3) is 0 Å². The van der Waals surface area contributed by atoms with E-state index < -0.39 is 0 Å². The molecule has 0 aliphatic carbocycles. The highest BCUT2D eigenvalue weighted by Gasteiger charge is 2.33. The molecule has 102 valence electrons. The average Bonchev–Trinajstić information content (AvgIpc) is 2.75. The summed E-state index contributed by atoms with van der Waals surface area (Å²) in [5.41, 5.74) is 2.99. The van der Waals surface area contributed by atoms with E-state index in [1.807, 2.05) is 39.0 Å². The number of aryl methyl sites for hydroxylation is 2. The van der Waals surface area contributed by atoms with Gasteiger partial charge in [-0.15, -0.1) is 0 Å². The Morgan fingerprint density at radius 1 is 1.42 bits per heavy atom. The average molecular weight is 260 g/mol. The third-order valence-corrected chi connectivity index (χ3v) is 3.62. The first-order valence-corrected chi connectivity index (χ1v) is 6.67. The maximum Gasteiger partial charge on any atom is 0.229 e. The van der Waals surface area contributed by atoms with Crippen molar-refractivity contribution in [2.75, 3.05) is 18.4 Å². The van der Waals surface area contributed by atoms with Gasteiger partial charge in [0.15, 0.2) is 0 Å². The molecule has 1 unspecified atom stereocenters. The largest absolute Gasteiger partial charge is 0.342 e. The van der Waals surface area contributed by atoms with Crippen LogP contribution in [0.1, 0.15) is 24.5 Å². The maximum atomic E-state index is 12.2. The number of carbonyl (C=O) groups excluding carboxylic acids is 2. The van der Waals surface area contributed by atoms with Gasteiger partial charge in [0.05, 0.1) is 5.92 Å². The van der Waals surface area contributed by atoms with Crippen molar-refractivity contribution < 1.29 is 9.59 Å². The Balaban J connectivity index is 2.06. The van der Waals surface area contributed by atoms with Gasteiger partial charge in [-0.3, -0.25) is 9.59 Å². The number of nitrogens with zero attached hydrogens (tertiary/aromatic N) is 1. The highest BCUT2D eigenvalue weighted by Crippen LogP contribution is 2.21. The molecule has 1 heterocycles. The first-order chi connectivity index (χ1) is 9.01. The van der Waals surface area contributed by atoms with Crippen molar-refractivity contribution in [3.8, 4) is 0 Å². The minimum Gasteiger partial charge on any atom is -0.342 e. The first-order valence-electron chi connectivity index (χ1n) is 6.67. The number of hydrogen-bond acceptors (Lipinski definition) is 2. The van der Waals surface area contributed by atoms with E-state index in [-0.39, 0.29) is 17.7 Å². The summed E-state index contributed by atoms with van der Waals surface area (Å²) in [7, 11) is 0. The molecule has 1 aliphatic heterocycles. The number of amides is 2. The number of anilines is 1. The SMILES string of the molecule is CCN1CC(C(=O)Nc2cc(C)ccc2C)CC1=O. The van der Waals surface area contributed by atoms with Crippen LogP contribution in [-0.2, 0) is 9.59 Å². The van der Waals surface area contributed by atoms with Crippen molar-refractivity contribution in [2.45, 2.75) is 27.2 Å². The molecule has 1 atom stereocenters. The summed E-state index contributed by atoms with van der Waals surface area (Å²) in [6.45, 7) is 7.10. The van der Waals surface area contributed by atoms with Crippen LogP contribution in [0.2, 0.25) is 0 Å². The summed E-state index contributed by atoms with van der Waals surface area (Å²) in [5.74, 6) is -0.214. The smallest absolute Gasteiger partial charge is 0.229 e. The maximum absolute atomic E-state index is 12.2. The summed E-state index contributed by atoms with van der Waals surface area (Å²) in [6.07, 6.45) is 0.324. The molecule has 2 rings (SSSR count). The number of hydrogen-bond donors (Lipinski definition) is 1. The second-order valence-electron chi connectivity index (χ2n) is 5.14. The predicted molar refractivity (Wildman–Crippen MR) is 74.9 cm³/mol. The van der Waals surface area contributed by atoms with Gasteiger partial charge in [0.25, 0.3) is 0 Å². The Bertz CT molecular complexity index is 511. The monoisotopic (exact) mass is 260 g/mol. The van der Waals surface area contributed by atoms with Crippen LogP contribution in [0.15, 0.2) is 18.2 Å². The van der Waals surface area contributed by atoms with Crippen LogP contribution >= 0.6 is 0 Å². The van der Waals surface area contributed by atoms with E-state index in [4.69, 9.17) is 0 Å². The second-order valence-corrected chi connectivity index (χ2v) is 5.14. The van der Waals surface area contributed by atoms with Gasteiger partial charge < -0.3 is 10.2 Å². The van der Waals surface area contributed by atoms with Crippen LogP contribution in [-0.4, -0.2) is 29.8 Å². The van der Waals surface area contributed by atoms with Gasteiger partial charge in [-0.25, -0.2) is 0 Å². The van der Waals surface area contributed by atoms with E-state index in [1.54, 1.807) is 4.90 Å². The highest BCUT2D eigenvalue weighted by molar-refractivity contribution is 5.97. The molecule has 1 aromatic carbocycles. The van der Waals surface area contributed by atoms with Crippen LogP contribution in [0.4, 0.5) is 5.69 Å². The zero-order valence-electron chi connectivity index (χ0n) is 11.7. The molecule has 1 aromatic rings. The van der Waals surface area contributed by atoms with Crippen LogP contribution < -0.4 is 5.32 Å². The fraction of sp³-hybridized carbons (Fsp3) is 0.467. The molecule has 0 spiro atoms. The summed E-state index contributed by atoms with van der Waals surface area (Å²) in [4.78, 5) is 25.6. The minimum absolute atomic E-state index is 0.0574. The molecule has 2 amide bonds. The number of nitrogens with one attached hydrogen (secondary N) is 1. The lowest BCUT2D eigenvalue weighted by Crippen LogP contribution is -2.28. The van der Waals surface area contributed by atoms with E-state index in [0.717, 1.165) is 16.8 Å². The number of carbonyl (C=O) groups is 2. The quantitative estimate of drug-likeness (QED) is 0.905. The lowest BCUT2D eigenvalue weighted by molar-refractivity contribution is -0.128. The summed E-state index contributed by atoms with van der Waals surface area (Å²) >= 11 is 0. The van der Waals surface area contributed by atoms with Crippen molar-refractivity contribution in [3.63, 3.8) is 0 Å². The Kier molecular flexibility index (Phi) is 3.88. The zero-order valence-corrected chi connectivity index (χ0v) is 11.7. The molecule has 0 radical (unpaired) electrons. The van der Waals surface area contributed by atoms with Crippen molar-refractivity contribution in [2.24, 2.45) is 5.92 Å². The topological polar surface area (TPSA) is 49.4 Å². The van der Waals surface area contributed by atoms with Gasteiger partial charge in [-0.1, -0.05) is 12.1 Å². The molecule has 0 saturated carbocycles. The molecule has 1 aliphatic rings. The number of benzene rings is 1. The number of likely N-dealkylation sites (tertiary alicyclic amines) is 1. The minimum atomic E-state index is -0.229. The third-order valence-electron chi connectivity index (χ3n) is 3.62. The van der Waals surface area contributed by atoms with E-state index >= 15 is 0 Å². The second kappa shape index (κ2) is 5.43. The van der Waals surface area contributed by atoms with Gasteiger partial charge >= 0.3 is 0 Å².